The Morgan fingerprint density at radius 3 is 2.05 bits per heavy atom. The fraction of sp³-hybridized carbons (Fsp3) is 0.507. The second-order valence-electron chi connectivity index (χ2n) is 29.8. The minimum atomic E-state index is -2.47. The number of piperidine rings is 1. The Morgan fingerprint density at radius 1 is 0.845 bits per heavy atom. The van der Waals surface area contributed by atoms with Gasteiger partial charge in [0.25, 0.3) is 0 Å². The van der Waals surface area contributed by atoms with Crippen LogP contribution in [0.1, 0.15) is 146 Å². The second-order valence-corrected chi connectivity index (χ2v) is 29.8. The molecule has 28 nitrogen and oxygen atoms in total. The van der Waals surface area contributed by atoms with Gasteiger partial charge in [0.05, 0.1) is 40.9 Å². The number of hydrogen-bond donors (Lipinski definition) is 8. The van der Waals surface area contributed by atoms with Gasteiger partial charge in [-0.05, 0) is 117 Å². The lowest BCUT2D eigenvalue weighted by Gasteiger charge is -2.67. The second kappa shape index (κ2) is 29.3. The van der Waals surface area contributed by atoms with Crippen molar-refractivity contribution in [3.05, 3.63) is 142 Å². The van der Waals surface area contributed by atoms with Gasteiger partial charge in [0.2, 0.25) is 18.0 Å². The largest absolute Gasteiger partial charge is 0.508 e. The quantitative estimate of drug-likeness (QED) is 0.0143. The van der Waals surface area contributed by atoms with Gasteiger partial charge >= 0.3 is 36.0 Å². The predicted molar refractivity (Wildman–Crippen MR) is 374 cm³/mol. The van der Waals surface area contributed by atoms with Crippen molar-refractivity contribution < 1.29 is 87.5 Å². The highest BCUT2D eigenvalue weighted by Crippen LogP contribution is 2.64. The molecule has 6 aliphatic rings. The Kier molecular flexibility index (Phi) is 21.2. The van der Waals surface area contributed by atoms with Gasteiger partial charge in [-0.2, -0.15) is 4.98 Å². The summed E-state index contributed by atoms with van der Waals surface area (Å²) in [5.41, 5.74) is -1.25. The number of amidine groups is 1. The number of hydrogen-bond acceptors (Lipinski definition) is 25. The maximum Gasteiger partial charge on any atom is 0.408 e. The van der Waals surface area contributed by atoms with Gasteiger partial charge in [-0.3, -0.25) is 24.7 Å². The number of aliphatic hydroxyl groups excluding tert-OH is 2. The van der Waals surface area contributed by atoms with Crippen LogP contribution in [0.15, 0.2) is 115 Å². The van der Waals surface area contributed by atoms with Gasteiger partial charge in [0, 0.05) is 83.5 Å². The summed E-state index contributed by atoms with van der Waals surface area (Å²) in [4.78, 5) is 121. The predicted octanol–water partition coefficient (Wildman–Crippen LogP) is 7.07. The number of rotatable bonds is 18. The van der Waals surface area contributed by atoms with Crippen LogP contribution < -0.4 is 25.8 Å². The average Bonchev–Trinajstić information content (AvgIpc) is 0.669. The number of nitrogens with zero attached hydrogens (tertiary/aromatic N) is 7. The van der Waals surface area contributed by atoms with E-state index >= 15 is 9.59 Å². The van der Waals surface area contributed by atoms with E-state index in [4.69, 9.17) is 44.5 Å². The first-order chi connectivity index (χ1) is 48.6. The first kappa shape index (κ1) is 74.6. The molecule has 103 heavy (non-hydrogen) atoms. The van der Waals surface area contributed by atoms with Crippen molar-refractivity contribution in [3.63, 3.8) is 0 Å². The molecule has 0 radical (unpaired) electrons. The van der Waals surface area contributed by atoms with Crippen LogP contribution in [0.4, 0.5) is 27.2 Å². The van der Waals surface area contributed by atoms with E-state index in [0.717, 1.165) is 23.5 Å². The molecule has 0 spiro atoms. The summed E-state index contributed by atoms with van der Waals surface area (Å²) >= 11 is 0. The average molecular weight is 1420 g/mol. The highest BCUT2D eigenvalue weighted by molar-refractivity contribution is 6.22. The third-order valence-corrected chi connectivity index (χ3v) is 21.4. The van der Waals surface area contributed by atoms with Crippen molar-refractivity contribution in [2.45, 2.75) is 173 Å². The van der Waals surface area contributed by atoms with Gasteiger partial charge in [0.1, 0.15) is 65.3 Å². The summed E-state index contributed by atoms with van der Waals surface area (Å²) in [5.74, 6) is -6.69. The molecule has 1 aromatic heterocycles. The number of nitrogens with two attached hydrogens (primary N) is 1. The van der Waals surface area contributed by atoms with E-state index in [1.807, 2.05) is 30.9 Å². The number of benzene rings is 4. The minimum Gasteiger partial charge on any atom is -0.508 e. The molecule has 3 amide bonds. The molecule has 2 bridgehead atoms. The number of ketones is 1. The molecule has 11 rings (SSSR count). The van der Waals surface area contributed by atoms with Crippen molar-refractivity contribution in [2.24, 2.45) is 28.4 Å². The Labute approximate surface area is 597 Å². The van der Waals surface area contributed by atoms with Crippen molar-refractivity contribution in [3.8, 4) is 11.5 Å². The number of alkyl carbamates (subject to hydrolysis) is 1. The summed E-state index contributed by atoms with van der Waals surface area (Å²) in [6, 6.07) is 23.3. The number of nitrogens with one attached hydrogen (secondary N) is 2. The first-order valence-corrected chi connectivity index (χ1v) is 34.8. The molecule has 4 heterocycles. The molecular formula is C75H92N10O18. The molecular weight excluding hydrogens is 1330 g/mol. The zero-order valence-electron chi connectivity index (χ0n) is 59.5. The molecule has 3 aliphatic heterocycles. The van der Waals surface area contributed by atoms with Crippen molar-refractivity contribution in [2.75, 3.05) is 60.6 Å². The number of phenols is 2. The number of urea groups is 1. The number of ether oxygens (including phenoxy) is 6. The zero-order valence-corrected chi connectivity index (χ0v) is 59.5. The van der Waals surface area contributed by atoms with Gasteiger partial charge in [-0.15, -0.1) is 0 Å². The lowest BCUT2D eigenvalue weighted by atomic mass is 9.44. The number of carbonyl (C=O) groups is 7. The fourth-order valence-electron chi connectivity index (χ4n) is 15.9. The number of phenolic OH excluding ortho intramolecular Hbond substituents is 2. The van der Waals surface area contributed by atoms with Gasteiger partial charge in [0.15, 0.2) is 11.4 Å². The molecule has 11 atom stereocenters. The number of anilines is 3. The standard InChI is InChI=1S/C75H92N10O18/c1-41(2)49-34-50(52(88)35-51(49)87)64(76)85(67(77)95)48-23-21-45(22-24-48)38-82-29-31-84(32-30-82)69-79-40-78-68(81-69)83-27-25-44(26-28-83)33-56(90)100-60(58(46-17-13-11-14-18-46)80-70(96)103-71(5,6)7)66(94)99-53-37-75(97)63(101-65(93)47-19-15-12-16-20-47)61-73(10,62(92)59(91)57(42(53)3)72(75,8)9)54(89)36-55-74(61,39-98-55)102-43(4)86/h11-24,34-35,40-41,44,53-55,58-61,63,76,87-89,91,97H,25-33,36-39H2,1-10H3,(H2,77,95)(H,80,96)/t53-,54-,55+,58-,59+,60+,61?,63-,73+,74-,75+/m0/s1. The Bertz CT molecular complexity index is 4080. The summed E-state index contributed by atoms with van der Waals surface area (Å²) in [7, 11) is 0. The first-order valence-electron chi connectivity index (χ1n) is 34.8. The maximum absolute atomic E-state index is 15.6. The van der Waals surface area contributed by atoms with Crippen LogP contribution in [0, 0.1) is 28.1 Å². The van der Waals surface area contributed by atoms with Crippen LogP contribution in [-0.2, 0) is 54.1 Å². The molecule has 28 heteroatoms. The van der Waals surface area contributed by atoms with Crippen LogP contribution in [-0.4, -0.2) is 192 Å². The SMILES string of the molecule is CC(=O)O[C@@]12CO[C@@H]1C[C@H](O)[C@@]1(C)C(=O)[C@H](O)C3=C(C)[C@@H](OC(=O)[C@H](OC(=O)CC4CCN(c5ncnc(N6CCN(Cc7ccc(N(C(=N)c8cc(C(C)C)c(O)cc8O)C(N)=O)cc7)CC6)n5)CC4)[C@@H](NC(=O)OC(C)(C)C)c4ccccc4)C[C@@](O)([C@@H](OC(=O)c4ccccc4)C12)C3(C)C. The van der Waals surface area contributed by atoms with Gasteiger partial charge in [-0.25, -0.2) is 34.0 Å². The van der Waals surface area contributed by atoms with Crippen LogP contribution in [0.5, 0.6) is 11.5 Å². The zero-order chi connectivity index (χ0) is 74.4. The fourth-order valence-corrected chi connectivity index (χ4v) is 15.9. The number of piperazine rings is 1. The van der Waals surface area contributed by atoms with E-state index in [1.165, 1.54) is 38.4 Å². The Hall–Kier alpha value is -9.61. The van der Waals surface area contributed by atoms with Crippen LogP contribution in [0.25, 0.3) is 0 Å². The molecule has 3 saturated heterocycles. The summed E-state index contributed by atoms with van der Waals surface area (Å²) in [6.07, 6.45) is -9.84. The monoisotopic (exact) mass is 1420 g/mol. The van der Waals surface area contributed by atoms with Crippen LogP contribution in [0.3, 0.4) is 0 Å². The van der Waals surface area contributed by atoms with E-state index in [2.05, 4.69) is 25.1 Å². The molecule has 2 saturated carbocycles. The van der Waals surface area contributed by atoms with Crippen LogP contribution in [0.2, 0.25) is 0 Å². The van der Waals surface area contributed by atoms with Gasteiger partial charge in [-0.1, -0.05) is 88.4 Å². The number of primary amides is 1. The van der Waals surface area contributed by atoms with E-state index in [0.29, 0.717) is 87.4 Å². The number of aromatic nitrogens is 3. The number of Topliss-reactive ketones (excluding diaryl/α,β-unsaturated/α-hetero) is 1. The highest BCUT2D eigenvalue weighted by Gasteiger charge is 2.78. The summed E-state index contributed by atoms with van der Waals surface area (Å²) in [6.45, 7) is 19.4. The number of aromatic hydroxyl groups is 2. The van der Waals surface area contributed by atoms with E-state index in [1.54, 1.807) is 95.3 Å². The number of fused-ring (bicyclic) bond motifs is 5. The number of carbonyl (C=O) groups excluding carboxylic acids is 7. The smallest absolute Gasteiger partial charge is 0.408 e. The third kappa shape index (κ3) is 14.7. The number of amides is 3. The van der Waals surface area contributed by atoms with E-state index < -0.39 is 124 Å². The molecule has 1 unspecified atom stereocenters. The lowest BCUT2D eigenvalue weighted by molar-refractivity contribution is -0.346. The highest BCUT2D eigenvalue weighted by atomic mass is 16.6. The normalized spacial score (nSPS) is 26.2. The van der Waals surface area contributed by atoms with Crippen molar-refractivity contribution >= 4 is 65.2 Å². The summed E-state index contributed by atoms with van der Waals surface area (Å²) < 4.78 is 37.0. The molecule has 9 N–H and O–H groups in total. The molecule has 550 valence electrons. The summed E-state index contributed by atoms with van der Waals surface area (Å²) in [5, 5.41) is 71.5. The molecule has 3 aliphatic carbocycles. The molecule has 5 aromatic rings. The van der Waals surface area contributed by atoms with Crippen LogP contribution >= 0.6 is 0 Å². The van der Waals surface area contributed by atoms with Gasteiger partial charge < -0.3 is 74.8 Å². The van der Waals surface area contributed by atoms with Crippen molar-refractivity contribution in [1.82, 2.24) is 25.2 Å². The number of aliphatic hydroxyl groups is 3. The maximum atomic E-state index is 15.6. The third-order valence-electron chi connectivity index (χ3n) is 21.4. The Morgan fingerprint density at radius 2 is 1.47 bits per heavy atom. The van der Waals surface area contributed by atoms with E-state index in [9.17, 15) is 49.5 Å². The molecule has 4 aromatic carbocycles. The lowest BCUT2D eigenvalue weighted by Crippen LogP contribution is -2.81. The number of esters is 4. The van der Waals surface area contributed by atoms with Crippen molar-refractivity contribution in [1.29, 1.82) is 5.41 Å². The molecule has 5 fully saturated rings. The Balaban J connectivity index is 0.796. The minimum absolute atomic E-state index is 0.0380. The van der Waals surface area contributed by atoms with E-state index in [-0.39, 0.29) is 70.9 Å². The topological polar surface area (TPSA) is 390 Å².